The molecule has 0 amide bonds. The van der Waals surface area contributed by atoms with Crippen LogP contribution in [0, 0.1) is 0 Å². The highest BCUT2D eigenvalue weighted by Gasteiger charge is 2.20. The number of likely N-dealkylation sites (N-methyl/N-ethyl adjacent to an activating group) is 1. The van der Waals surface area contributed by atoms with E-state index in [-0.39, 0.29) is 5.69 Å². The quantitative estimate of drug-likeness (QED) is 0.375. The Kier molecular flexibility index (Phi) is 6.22. The zero-order chi connectivity index (χ0) is 22.5. The van der Waals surface area contributed by atoms with E-state index in [9.17, 15) is 14.7 Å². The van der Waals surface area contributed by atoms with Crippen LogP contribution in [0.25, 0.3) is 22.0 Å². The SMILES string of the molecule is CN(CC=O)c1ccc(-c2c(C(=O)O)[nH]c3c(CCOc4ccccc4)cccc23)cc1. The molecule has 1 heterocycles. The summed E-state index contributed by atoms with van der Waals surface area (Å²) in [6.07, 6.45) is 1.49. The molecule has 0 aliphatic rings. The van der Waals surface area contributed by atoms with Crippen molar-refractivity contribution in [3.05, 3.63) is 84.1 Å². The molecule has 2 N–H and O–H groups in total. The van der Waals surface area contributed by atoms with Crippen molar-refractivity contribution in [1.29, 1.82) is 0 Å². The Morgan fingerprint density at radius 2 is 1.78 bits per heavy atom. The van der Waals surface area contributed by atoms with Gasteiger partial charge in [-0.25, -0.2) is 4.79 Å². The maximum atomic E-state index is 12.0. The van der Waals surface area contributed by atoms with Crippen LogP contribution in [0.3, 0.4) is 0 Å². The van der Waals surface area contributed by atoms with Crippen LogP contribution in [0.1, 0.15) is 16.1 Å². The number of carbonyl (C=O) groups is 2. The fourth-order valence-electron chi connectivity index (χ4n) is 3.84. The Morgan fingerprint density at radius 3 is 2.47 bits per heavy atom. The molecule has 0 radical (unpaired) electrons. The highest BCUT2D eigenvalue weighted by atomic mass is 16.5. The van der Waals surface area contributed by atoms with E-state index in [1.807, 2.05) is 84.7 Å². The molecule has 0 aliphatic heterocycles. The van der Waals surface area contributed by atoms with Crippen molar-refractivity contribution < 1.29 is 19.4 Å². The molecule has 1 aromatic heterocycles. The first-order chi connectivity index (χ1) is 15.6. The van der Waals surface area contributed by atoms with Gasteiger partial charge in [0.25, 0.3) is 0 Å². The summed E-state index contributed by atoms with van der Waals surface area (Å²) in [7, 11) is 1.83. The van der Waals surface area contributed by atoms with Gasteiger partial charge >= 0.3 is 5.97 Å². The molecule has 4 aromatic rings. The van der Waals surface area contributed by atoms with Crippen LogP contribution in [0.2, 0.25) is 0 Å². The van der Waals surface area contributed by atoms with E-state index < -0.39 is 5.97 Å². The Balaban J connectivity index is 1.67. The monoisotopic (exact) mass is 428 g/mol. The summed E-state index contributed by atoms with van der Waals surface area (Å²) < 4.78 is 5.82. The van der Waals surface area contributed by atoms with Crippen LogP contribution in [-0.4, -0.2) is 42.5 Å². The molecule has 4 rings (SSSR count). The van der Waals surface area contributed by atoms with Gasteiger partial charge in [-0.05, 0) is 35.4 Å². The third-order valence-corrected chi connectivity index (χ3v) is 5.46. The van der Waals surface area contributed by atoms with Crippen LogP contribution in [-0.2, 0) is 11.2 Å². The smallest absolute Gasteiger partial charge is 0.352 e. The Hall–Kier alpha value is -4.06. The first kappa shape index (κ1) is 21.2. The minimum absolute atomic E-state index is 0.158. The molecule has 0 bridgehead atoms. The zero-order valence-electron chi connectivity index (χ0n) is 17.7. The molecule has 0 saturated carbocycles. The van der Waals surface area contributed by atoms with Crippen molar-refractivity contribution >= 4 is 28.8 Å². The van der Waals surface area contributed by atoms with E-state index in [2.05, 4.69) is 4.98 Å². The maximum Gasteiger partial charge on any atom is 0.352 e. The average Bonchev–Trinajstić information content (AvgIpc) is 3.21. The summed E-state index contributed by atoms with van der Waals surface area (Å²) in [5.41, 5.74) is 4.30. The number of hydrogen-bond acceptors (Lipinski definition) is 4. The molecule has 0 saturated heterocycles. The molecule has 0 fully saturated rings. The van der Waals surface area contributed by atoms with Gasteiger partial charge in [0, 0.05) is 30.1 Å². The lowest BCUT2D eigenvalue weighted by Crippen LogP contribution is -2.18. The number of benzene rings is 3. The highest BCUT2D eigenvalue weighted by Crippen LogP contribution is 2.35. The number of fused-ring (bicyclic) bond motifs is 1. The van der Waals surface area contributed by atoms with Gasteiger partial charge in [-0.3, -0.25) is 0 Å². The number of aromatic carboxylic acids is 1. The number of aromatic amines is 1. The van der Waals surface area contributed by atoms with Gasteiger partial charge < -0.3 is 24.5 Å². The largest absolute Gasteiger partial charge is 0.493 e. The third kappa shape index (κ3) is 4.34. The summed E-state index contributed by atoms with van der Waals surface area (Å²) in [5, 5.41) is 10.7. The maximum absolute atomic E-state index is 12.0. The number of carboxylic acid groups (broad SMARTS) is 1. The van der Waals surface area contributed by atoms with E-state index >= 15 is 0 Å². The van der Waals surface area contributed by atoms with Gasteiger partial charge in [-0.15, -0.1) is 0 Å². The fraction of sp³-hybridized carbons (Fsp3) is 0.154. The molecule has 32 heavy (non-hydrogen) atoms. The number of para-hydroxylation sites is 2. The lowest BCUT2D eigenvalue weighted by atomic mass is 9.99. The van der Waals surface area contributed by atoms with E-state index in [1.165, 1.54) is 0 Å². The standard InChI is InChI=1S/C26H24N2O4/c1-28(15-16-29)20-12-10-18(11-13-20)23-22-9-5-6-19(24(22)27-25(23)26(30)31)14-17-32-21-7-3-2-4-8-21/h2-13,16,27H,14-15,17H2,1H3,(H,30,31). The van der Waals surface area contributed by atoms with Crippen molar-refractivity contribution in [2.75, 3.05) is 25.1 Å². The lowest BCUT2D eigenvalue weighted by molar-refractivity contribution is -0.106. The highest BCUT2D eigenvalue weighted by molar-refractivity contribution is 6.08. The van der Waals surface area contributed by atoms with Gasteiger partial charge in [0.05, 0.1) is 18.7 Å². The molecule has 0 aliphatic carbocycles. The van der Waals surface area contributed by atoms with Gasteiger partial charge in [0.1, 0.15) is 17.7 Å². The number of carbonyl (C=O) groups excluding carboxylic acids is 1. The molecule has 6 heteroatoms. The van der Waals surface area contributed by atoms with Gasteiger partial charge in [0.15, 0.2) is 0 Å². The van der Waals surface area contributed by atoms with Gasteiger partial charge in [-0.1, -0.05) is 48.5 Å². The second-order valence-corrected chi connectivity index (χ2v) is 7.53. The molecular formula is C26H24N2O4. The Labute approximate surface area is 186 Å². The molecule has 0 unspecified atom stereocenters. The lowest BCUT2D eigenvalue weighted by Gasteiger charge is -2.16. The van der Waals surface area contributed by atoms with E-state index in [4.69, 9.17) is 4.74 Å². The number of rotatable bonds is 9. The van der Waals surface area contributed by atoms with E-state index in [0.29, 0.717) is 25.1 Å². The number of ether oxygens (including phenoxy) is 1. The van der Waals surface area contributed by atoms with Crippen LogP contribution in [0.4, 0.5) is 5.69 Å². The number of anilines is 1. The number of nitrogens with one attached hydrogen (secondary N) is 1. The van der Waals surface area contributed by atoms with Crippen LogP contribution in [0.5, 0.6) is 5.75 Å². The summed E-state index contributed by atoms with van der Waals surface area (Å²) in [4.78, 5) is 27.8. The van der Waals surface area contributed by atoms with Crippen LogP contribution >= 0.6 is 0 Å². The molecular weight excluding hydrogens is 404 g/mol. The Morgan fingerprint density at radius 1 is 1.03 bits per heavy atom. The van der Waals surface area contributed by atoms with Crippen molar-refractivity contribution in [2.45, 2.75) is 6.42 Å². The summed E-state index contributed by atoms with van der Waals surface area (Å²) >= 11 is 0. The van der Waals surface area contributed by atoms with Crippen molar-refractivity contribution in [2.24, 2.45) is 0 Å². The molecule has 0 spiro atoms. The van der Waals surface area contributed by atoms with Crippen molar-refractivity contribution in [3.8, 4) is 16.9 Å². The number of H-pyrrole nitrogens is 1. The summed E-state index contributed by atoms with van der Waals surface area (Å²) in [6, 6.07) is 23.0. The summed E-state index contributed by atoms with van der Waals surface area (Å²) in [5.74, 6) is -0.206. The third-order valence-electron chi connectivity index (χ3n) is 5.46. The second kappa shape index (κ2) is 9.39. The second-order valence-electron chi connectivity index (χ2n) is 7.53. The van der Waals surface area contributed by atoms with Crippen LogP contribution < -0.4 is 9.64 Å². The Bertz CT molecular complexity index is 1230. The number of nitrogens with zero attached hydrogens (tertiary/aromatic N) is 1. The number of aldehydes is 1. The number of carboxylic acids is 1. The van der Waals surface area contributed by atoms with Gasteiger partial charge in [-0.2, -0.15) is 0 Å². The van der Waals surface area contributed by atoms with Crippen LogP contribution in [0.15, 0.2) is 72.8 Å². The molecule has 3 aromatic carbocycles. The molecule has 162 valence electrons. The van der Waals surface area contributed by atoms with Gasteiger partial charge in [0.2, 0.25) is 0 Å². The fourth-order valence-corrected chi connectivity index (χ4v) is 3.84. The normalized spacial score (nSPS) is 10.8. The number of hydrogen-bond donors (Lipinski definition) is 2. The molecule has 0 atom stereocenters. The predicted molar refractivity (Wildman–Crippen MR) is 126 cm³/mol. The first-order valence-electron chi connectivity index (χ1n) is 10.4. The van der Waals surface area contributed by atoms with Crippen molar-refractivity contribution in [3.63, 3.8) is 0 Å². The summed E-state index contributed by atoms with van der Waals surface area (Å²) in [6.45, 7) is 0.777. The predicted octanol–water partition coefficient (Wildman–Crippen LogP) is 4.79. The van der Waals surface area contributed by atoms with E-state index in [1.54, 1.807) is 0 Å². The van der Waals surface area contributed by atoms with E-state index in [0.717, 1.165) is 39.8 Å². The molecule has 6 nitrogen and oxygen atoms in total. The zero-order valence-corrected chi connectivity index (χ0v) is 17.7. The minimum atomic E-state index is -1.01. The first-order valence-corrected chi connectivity index (χ1v) is 10.4. The minimum Gasteiger partial charge on any atom is -0.493 e. The topological polar surface area (TPSA) is 82.6 Å². The number of aromatic nitrogens is 1. The average molecular weight is 428 g/mol. The van der Waals surface area contributed by atoms with Crippen molar-refractivity contribution in [1.82, 2.24) is 4.98 Å².